The topological polar surface area (TPSA) is 15.7 Å². The summed E-state index contributed by atoms with van der Waals surface area (Å²) < 4.78 is 0. The molecule has 1 aliphatic heterocycles. The Bertz CT molecular complexity index is 149. The minimum absolute atomic E-state index is 0.850. The fourth-order valence-corrected chi connectivity index (χ4v) is 0.742. The molecule has 56 valence electrons. The van der Waals surface area contributed by atoms with Crippen LogP contribution in [0.4, 0.5) is 0 Å². The first-order valence-corrected chi connectivity index (χ1v) is 3.17. The molecular weight excluding hydrogens is 128 g/mol. The third-order valence-corrected chi connectivity index (χ3v) is 1.50. The van der Waals surface area contributed by atoms with Gasteiger partial charge < -0.3 is 9.74 Å². The molecule has 0 amide bonds. The van der Waals surface area contributed by atoms with Crippen molar-refractivity contribution < 1.29 is 4.84 Å². The van der Waals surface area contributed by atoms with Gasteiger partial charge in [0.2, 0.25) is 0 Å². The summed E-state index contributed by atoms with van der Waals surface area (Å²) >= 11 is 0. The van der Waals surface area contributed by atoms with E-state index in [2.05, 4.69) is 6.58 Å². The van der Waals surface area contributed by atoms with Gasteiger partial charge in [0.15, 0.2) is 0 Å². The van der Waals surface area contributed by atoms with Gasteiger partial charge in [0.25, 0.3) is 0 Å². The van der Waals surface area contributed by atoms with Crippen LogP contribution in [-0.2, 0) is 4.84 Å². The molecule has 1 rings (SSSR count). The predicted octanol–water partition coefficient (Wildman–Crippen LogP) is 0.780. The van der Waals surface area contributed by atoms with Crippen LogP contribution in [0.5, 0.6) is 0 Å². The second kappa shape index (κ2) is 2.64. The van der Waals surface area contributed by atoms with Crippen molar-refractivity contribution in [2.45, 2.75) is 0 Å². The molecule has 0 atom stereocenters. The minimum atomic E-state index is 0.850. The highest BCUT2D eigenvalue weighted by molar-refractivity contribution is 4.94. The van der Waals surface area contributed by atoms with E-state index < -0.39 is 0 Å². The first-order valence-electron chi connectivity index (χ1n) is 3.17. The average molecular weight is 140 g/mol. The maximum absolute atomic E-state index is 5.10. The molecule has 0 N–H and O–H groups in total. The molecule has 0 aromatic rings. The van der Waals surface area contributed by atoms with Crippen LogP contribution >= 0.6 is 0 Å². The summed E-state index contributed by atoms with van der Waals surface area (Å²) in [5.74, 6) is 0.866. The molecule has 3 heteroatoms. The van der Waals surface area contributed by atoms with Crippen LogP contribution in [0.25, 0.3) is 0 Å². The van der Waals surface area contributed by atoms with Gasteiger partial charge >= 0.3 is 0 Å². The van der Waals surface area contributed by atoms with Gasteiger partial charge in [0.05, 0.1) is 0 Å². The van der Waals surface area contributed by atoms with Crippen molar-refractivity contribution in [2.24, 2.45) is 0 Å². The molecule has 3 nitrogen and oxygen atoms in total. The lowest BCUT2D eigenvalue weighted by Crippen LogP contribution is -2.26. The van der Waals surface area contributed by atoms with Crippen molar-refractivity contribution in [1.29, 1.82) is 0 Å². The van der Waals surface area contributed by atoms with Crippen LogP contribution in [0, 0.1) is 0 Å². The van der Waals surface area contributed by atoms with Gasteiger partial charge in [-0.15, -0.1) is 0 Å². The second-order valence-corrected chi connectivity index (χ2v) is 2.27. The van der Waals surface area contributed by atoms with Crippen LogP contribution in [-0.4, -0.2) is 30.6 Å². The number of hydroxylamine groups is 2. The molecule has 0 aromatic carbocycles. The molecule has 0 aromatic heterocycles. The zero-order valence-corrected chi connectivity index (χ0v) is 6.37. The Kier molecular flexibility index (Phi) is 1.85. The summed E-state index contributed by atoms with van der Waals surface area (Å²) in [6, 6.07) is 0. The Labute approximate surface area is 61.1 Å². The van der Waals surface area contributed by atoms with Crippen LogP contribution in [0.2, 0.25) is 0 Å². The first-order chi connectivity index (χ1) is 4.72. The number of hydrogen-bond donors (Lipinski definition) is 0. The summed E-state index contributed by atoms with van der Waals surface area (Å²) in [4.78, 5) is 7.10. The van der Waals surface area contributed by atoms with Gasteiger partial charge in [0.1, 0.15) is 12.1 Å². The lowest BCUT2D eigenvalue weighted by molar-refractivity contribution is -0.0601. The largest absolute Gasteiger partial charge is 0.387 e. The summed E-state index contributed by atoms with van der Waals surface area (Å²) in [5, 5.41) is 1.63. The van der Waals surface area contributed by atoms with Gasteiger partial charge in [0, 0.05) is 20.6 Å². The molecule has 10 heavy (non-hydrogen) atoms. The average Bonchev–Trinajstić information content (AvgIpc) is 2.04. The summed E-state index contributed by atoms with van der Waals surface area (Å²) in [5.41, 5.74) is 0. The Morgan fingerprint density at radius 3 is 3.00 bits per heavy atom. The molecule has 0 unspecified atom stereocenters. The first kappa shape index (κ1) is 6.99. The number of rotatable bonds is 0. The van der Waals surface area contributed by atoms with Crippen molar-refractivity contribution in [3.05, 3.63) is 24.7 Å². The molecule has 1 heterocycles. The summed E-state index contributed by atoms with van der Waals surface area (Å²) in [7, 11) is 3.80. The van der Waals surface area contributed by atoms with E-state index in [4.69, 9.17) is 4.84 Å². The SMILES string of the molecule is C=C1N(C)CC=CON1C. The third-order valence-electron chi connectivity index (χ3n) is 1.50. The smallest absolute Gasteiger partial charge is 0.132 e. The van der Waals surface area contributed by atoms with Gasteiger partial charge in [-0.1, -0.05) is 6.58 Å². The standard InChI is InChI=1S/C7H12N2O/c1-7-8(2)5-4-6-10-9(7)3/h4,6H,1,5H2,2-3H3. The molecule has 1 aliphatic rings. The van der Waals surface area contributed by atoms with Crippen LogP contribution in [0.3, 0.4) is 0 Å². The third kappa shape index (κ3) is 1.23. The highest BCUT2D eigenvalue weighted by Gasteiger charge is 2.08. The maximum atomic E-state index is 5.10. The van der Waals surface area contributed by atoms with Gasteiger partial charge in [-0.2, -0.15) is 5.06 Å². The monoisotopic (exact) mass is 140 g/mol. The molecule has 0 fully saturated rings. The molecular formula is C7H12N2O. The zero-order valence-electron chi connectivity index (χ0n) is 6.37. The van der Waals surface area contributed by atoms with Crippen molar-refractivity contribution in [3.63, 3.8) is 0 Å². The van der Waals surface area contributed by atoms with Crippen LogP contribution in [0.1, 0.15) is 0 Å². The van der Waals surface area contributed by atoms with E-state index in [0.717, 1.165) is 12.4 Å². The minimum Gasteiger partial charge on any atom is -0.387 e. The predicted molar refractivity (Wildman–Crippen MR) is 39.8 cm³/mol. The normalized spacial score (nSPS) is 18.8. The Hall–Kier alpha value is -1.12. The van der Waals surface area contributed by atoms with Crippen molar-refractivity contribution in [1.82, 2.24) is 9.96 Å². The van der Waals surface area contributed by atoms with Gasteiger partial charge in [-0.25, -0.2) is 0 Å². The van der Waals surface area contributed by atoms with Crippen molar-refractivity contribution >= 4 is 0 Å². The van der Waals surface area contributed by atoms with E-state index in [1.165, 1.54) is 0 Å². The highest BCUT2D eigenvalue weighted by Crippen LogP contribution is 2.07. The number of hydrogen-bond acceptors (Lipinski definition) is 3. The van der Waals surface area contributed by atoms with Crippen molar-refractivity contribution in [3.8, 4) is 0 Å². The van der Waals surface area contributed by atoms with Gasteiger partial charge in [-0.05, 0) is 6.08 Å². The zero-order chi connectivity index (χ0) is 7.56. The summed E-state index contributed by atoms with van der Waals surface area (Å²) in [6.07, 6.45) is 3.60. The second-order valence-electron chi connectivity index (χ2n) is 2.27. The van der Waals surface area contributed by atoms with Crippen LogP contribution < -0.4 is 0 Å². The molecule has 0 bridgehead atoms. The molecule has 0 saturated carbocycles. The van der Waals surface area contributed by atoms with Crippen molar-refractivity contribution in [2.75, 3.05) is 20.6 Å². The Balaban J connectivity index is 2.65. The van der Waals surface area contributed by atoms with E-state index >= 15 is 0 Å². The molecule has 0 spiro atoms. The molecule has 0 saturated heterocycles. The Morgan fingerprint density at radius 2 is 2.30 bits per heavy atom. The lowest BCUT2D eigenvalue weighted by atomic mass is 10.5. The van der Waals surface area contributed by atoms with E-state index in [1.807, 2.05) is 25.1 Å². The summed E-state index contributed by atoms with van der Waals surface area (Å²) in [6.45, 7) is 4.67. The molecule has 0 aliphatic carbocycles. The van der Waals surface area contributed by atoms with E-state index in [-0.39, 0.29) is 0 Å². The van der Waals surface area contributed by atoms with E-state index in [1.54, 1.807) is 11.3 Å². The quantitative estimate of drug-likeness (QED) is 0.494. The van der Waals surface area contributed by atoms with E-state index in [0.29, 0.717) is 0 Å². The Morgan fingerprint density at radius 1 is 1.60 bits per heavy atom. The molecule has 0 radical (unpaired) electrons. The highest BCUT2D eigenvalue weighted by atomic mass is 16.7. The maximum Gasteiger partial charge on any atom is 0.132 e. The lowest BCUT2D eigenvalue weighted by Gasteiger charge is -2.24. The number of likely N-dealkylation sites (N-methyl/N-ethyl adjacent to an activating group) is 1. The van der Waals surface area contributed by atoms with Gasteiger partial charge in [-0.3, -0.25) is 0 Å². The van der Waals surface area contributed by atoms with Crippen LogP contribution in [0.15, 0.2) is 24.7 Å². The van der Waals surface area contributed by atoms with E-state index in [9.17, 15) is 0 Å². The number of nitrogens with zero attached hydrogens (tertiary/aromatic N) is 2. The fraction of sp³-hybridized carbons (Fsp3) is 0.429. The fourth-order valence-electron chi connectivity index (χ4n) is 0.742.